The second kappa shape index (κ2) is 11.2. The zero-order chi connectivity index (χ0) is 28.7. The second-order valence-corrected chi connectivity index (χ2v) is 11.4. The molecule has 0 amide bonds. The van der Waals surface area contributed by atoms with Crippen LogP contribution in [0.3, 0.4) is 0 Å². The number of nitriles is 1. The van der Waals surface area contributed by atoms with Gasteiger partial charge in [-0.2, -0.15) is 5.26 Å². The van der Waals surface area contributed by atoms with Crippen molar-refractivity contribution in [1.29, 1.82) is 5.26 Å². The molecule has 0 saturated heterocycles. The van der Waals surface area contributed by atoms with E-state index in [-0.39, 0.29) is 11.6 Å². The summed E-state index contributed by atoms with van der Waals surface area (Å²) in [6.45, 7) is 6.29. The van der Waals surface area contributed by atoms with Gasteiger partial charge in [-0.15, -0.1) is 0 Å². The average Bonchev–Trinajstić information content (AvgIpc) is 2.91. The van der Waals surface area contributed by atoms with Crippen molar-refractivity contribution >= 4 is 46.3 Å². The highest BCUT2D eigenvalue weighted by molar-refractivity contribution is 6.43. The molecule has 1 aliphatic carbocycles. The van der Waals surface area contributed by atoms with Gasteiger partial charge in [0.25, 0.3) is 0 Å². The summed E-state index contributed by atoms with van der Waals surface area (Å²) in [6, 6.07) is 17.2. The van der Waals surface area contributed by atoms with Gasteiger partial charge in [-0.05, 0) is 91.8 Å². The van der Waals surface area contributed by atoms with Gasteiger partial charge in [0.2, 0.25) is 0 Å². The van der Waals surface area contributed by atoms with Gasteiger partial charge < -0.3 is 10.5 Å². The molecule has 0 fully saturated rings. The average molecular weight is 593 g/mol. The molecule has 2 N–H and O–H groups in total. The quantitative estimate of drug-likeness (QED) is 0.321. The Morgan fingerprint density at radius 2 is 1.80 bits per heavy atom. The van der Waals surface area contributed by atoms with E-state index in [1.165, 1.54) is 0 Å². The van der Waals surface area contributed by atoms with Crippen molar-refractivity contribution in [1.82, 2.24) is 0 Å². The number of hydrogen-bond acceptors (Lipinski definition) is 5. The SMILES string of the molecule is Cc1cc(C)c(C2C(C#N)=C(N)N(c3cccc(Cl)c3Cl)C3=C2C(=O)CCC3)cc1COc1ccc(Cl)cc1C. The molecule has 0 radical (unpaired) electrons. The monoisotopic (exact) mass is 591 g/mol. The summed E-state index contributed by atoms with van der Waals surface area (Å²) in [6.07, 6.45) is 1.71. The zero-order valence-corrected chi connectivity index (χ0v) is 24.7. The summed E-state index contributed by atoms with van der Waals surface area (Å²) in [5.41, 5.74) is 13.7. The Labute approximate surface area is 249 Å². The third kappa shape index (κ3) is 4.97. The number of allylic oxidation sites excluding steroid dienone is 3. The number of benzene rings is 3. The van der Waals surface area contributed by atoms with Crippen LogP contribution in [0, 0.1) is 32.1 Å². The molecule has 1 aliphatic heterocycles. The topological polar surface area (TPSA) is 79.4 Å². The van der Waals surface area contributed by atoms with Crippen LogP contribution in [-0.2, 0) is 11.4 Å². The molecule has 1 heterocycles. The van der Waals surface area contributed by atoms with Crippen LogP contribution in [0.15, 0.2) is 71.2 Å². The van der Waals surface area contributed by atoms with Gasteiger partial charge in [0.05, 0.1) is 33.3 Å². The highest BCUT2D eigenvalue weighted by Gasteiger charge is 2.41. The van der Waals surface area contributed by atoms with E-state index in [1.54, 1.807) is 29.2 Å². The van der Waals surface area contributed by atoms with E-state index in [1.807, 2.05) is 39.0 Å². The maximum atomic E-state index is 13.6. The Bertz CT molecular complexity index is 1650. The number of rotatable bonds is 5. The summed E-state index contributed by atoms with van der Waals surface area (Å²) in [5.74, 6) is 0.398. The van der Waals surface area contributed by atoms with Crippen LogP contribution >= 0.6 is 34.8 Å². The number of carbonyl (C=O) groups excluding carboxylic acids is 1. The maximum Gasteiger partial charge on any atom is 0.161 e. The van der Waals surface area contributed by atoms with Gasteiger partial charge in [0.15, 0.2) is 5.78 Å². The van der Waals surface area contributed by atoms with Gasteiger partial charge in [0.1, 0.15) is 18.2 Å². The normalized spacial score (nSPS) is 17.2. The minimum absolute atomic E-state index is 0.00390. The fraction of sp³-hybridized carbons (Fsp3) is 0.250. The first-order chi connectivity index (χ1) is 19.1. The summed E-state index contributed by atoms with van der Waals surface area (Å²) in [5, 5.41) is 11.8. The highest BCUT2D eigenvalue weighted by Crippen LogP contribution is 2.49. The largest absolute Gasteiger partial charge is 0.489 e. The van der Waals surface area contributed by atoms with E-state index in [0.717, 1.165) is 39.3 Å². The Morgan fingerprint density at radius 1 is 1.02 bits per heavy atom. The Morgan fingerprint density at radius 3 is 2.52 bits per heavy atom. The zero-order valence-electron chi connectivity index (χ0n) is 22.4. The van der Waals surface area contributed by atoms with Crippen LogP contribution in [0.5, 0.6) is 5.75 Å². The van der Waals surface area contributed by atoms with Crippen LogP contribution in [0.25, 0.3) is 0 Å². The molecule has 5 nitrogen and oxygen atoms in total. The minimum atomic E-state index is -0.598. The predicted octanol–water partition coefficient (Wildman–Crippen LogP) is 8.46. The van der Waals surface area contributed by atoms with E-state index < -0.39 is 5.92 Å². The van der Waals surface area contributed by atoms with Crippen LogP contribution < -0.4 is 15.4 Å². The molecule has 3 aromatic carbocycles. The van der Waals surface area contributed by atoms with E-state index in [0.29, 0.717) is 57.8 Å². The van der Waals surface area contributed by atoms with Gasteiger partial charge in [0, 0.05) is 22.7 Å². The number of halogens is 3. The molecule has 2 aliphatic rings. The Balaban J connectivity index is 1.64. The first-order valence-electron chi connectivity index (χ1n) is 13.0. The van der Waals surface area contributed by atoms with E-state index >= 15 is 0 Å². The molecule has 1 atom stereocenters. The summed E-state index contributed by atoms with van der Waals surface area (Å²) < 4.78 is 6.17. The number of hydrogen-bond donors (Lipinski definition) is 1. The molecule has 1 unspecified atom stereocenters. The van der Waals surface area contributed by atoms with Crippen molar-refractivity contribution in [2.75, 3.05) is 4.90 Å². The maximum absolute atomic E-state index is 13.6. The molecular formula is C32H28Cl3N3O2. The predicted molar refractivity (Wildman–Crippen MR) is 161 cm³/mol. The van der Waals surface area contributed by atoms with Crippen molar-refractivity contribution in [3.63, 3.8) is 0 Å². The molecule has 0 bridgehead atoms. The number of ketones is 1. The number of aryl methyl sites for hydroxylation is 3. The summed E-state index contributed by atoms with van der Waals surface area (Å²) in [4.78, 5) is 15.3. The van der Waals surface area contributed by atoms with Gasteiger partial charge in [-0.3, -0.25) is 9.69 Å². The molecule has 204 valence electrons. The number of nitrogens with two attached hydrogens (primary N) is 1. The summed E-state index contributed by atoms with van der Waals surface area (Å²) >= 11 is 19.1. The molecule has 0 aromatic heterocycles. The molecule has 5 rings (SSSR count). The second-order valence-electron chi connectivity index (χ2n) is 10.2. The smallest absolute Gasteiger partial charge is 0.161 e. The lowest BCUT2D eigenvalue weighted by Gasteiger charge is -2.40. The van der Waals surface area contributed by atoms with E-state index in [9.17, 15) is 10.1 Å². The van der Waals surface area contributed by atoms with E-state index in [2.05, 4.69) is 12.1 Å². The molecular weight excluding hydrogens is 565 g/mol. The minimum Gasteiger partial charge on any atom is -0.489 e. The standard InChI is InChI=1S/C32H28Cl3N3O2/c1-17-12-18(2)22(14-20(17)16-40-28-11-10-21(33)13-19(28)3)29-23(15-36)32(37)38(25-7-5-9-27(39)30(25)29)26-8-4-6-24(34)31(26)35/h4,6,8,10-14,29H,5,7,9,16,37H2,1-3H3. The lowest BCUT2D eigenvalue weighted by Crippen LogP contribution is -2.39. The van der Waals surface area contributed by atoms with Crippen molar-refractivity contribution in [3.8, 4) is 11.8 Å². The number of Topliss-reactive ketones (excluding diaryl/α,β-unsaturated/α-hetero) is 1. The number of nitrogens with zero attached hydrogens (tertiary/aromatic N) is 2. The van der Waals surface area contributed by atoms with Gasteiger partial charge >= 0.3 is 0 Å². The first-order valence-corrected chi connectivity index (χ1v) is 14.1. The highest BCUT2D eigenvalue weighted by atomic mass is 35.5. The van der Waals surface area contributed by atoms with Gasteiger partial charge in [-0.25, -0.2) is 0 Å². The third-order valence-corrected chi connectivity index (χ3v) is 8.69. The molecule has 0 saturated carbocycles. The number of ether oxygens (including phenoxy) is 1. The molecule has 0 spiro atoms. The lowest BCUT2D eigenvalue weighted by atomic mass is 9.74. The van der Waals surface area contributed by atoms with E-state index in [4.69, 9.17) is 45.3 Å². The van der Waals surface area contributed by atoms with Gasteiger partial charge in [-0.1, -0.05) is 53.0 Å². The first kappa shape index (κ1) is 28.1. The van der Waals surface area contributed by atoms with Crippen LogP contribution in [0.4, 0.5) is 5.69 Å². The Hall–Kier alpha value is -3.43. The lowest BCUT2D eigenvalue weighted by molar-refractivity contribution is -0.116. The summed E-state index contributed by atoms with van der Waals surface area (Å²) in [7, 11) is 0. The molecule has 8 heteroatoms. The fourth-order valence-electron chi connectivity index (χ4n) is 5.65. The van der Waals surface area contributed by atoms with Crippen LogP contribution in [-0.4, -0.2) is 5.78 Å². The number of carbonyl (C=O) groups is 1. The van der Waals surface area contributed by atoms with Crippen molar-refractivity contribution in [2.45, 2.75) is 52.6 Å². The third-order valence-electron chi connectivity index (χ3n) is 7.64. The molecule has 40 heavy (non-hydrogen) atoms. The van der Waals surface area contributed by atoms with Crippen LogP contribution in [0.1, 0.15) is 53.0 Å². The Kier molecular flexibility index (Phi) is 7.88. The molecule has 3 aromatic rings. The number of anilines is 1. The van der Waals surface area contributed by atoms with Crippen LogP contribution in [0.2, 0.25) is 15.1 Å². The van der Waals surface area contributed by atoms with Crippen molar-refractivity contribution < 1.29 is 9.53 Å². The van der Waals surface area contributed by atoms with Crippen molar-refractivity contribution in [2.24, 2.45) is 5.73 Å². The fourth-order valence-corrected chi connectivity index (χ4v) is 6.26. The van der Waals surface area contributed by atoms with Crippen molar-refractivity contribution in [3.05, 3.63) is 114 Å².